The average molecular weight is 302 g/mol. The first kappa shape index (κ1) is 13.5. The molecule has 0 unspecified atom stereocenters. The van der Waals surface area contributed by atoms with Crippen molar-refractivity contribution in [1.82, 2.24) is 19.7 Å². The fourth-order valence-electron chi connectivity index (χ4n) is 2.65. The first-order chi connectivity index (χ1) is 11.2. The molecule has 1 N–H and O–H groups in total. The van der Waals surface area contributed by atoms with Crippen LogP contribution in [0, 0.1) is 6.92 Å². The van der Waals surface area contributed by atoms with E-state index >= 15 is 0 Å². The van der Waals surface area contributed by atoms with Crippen molar-refractivity contribution in [1.29, 1.82) is 0 Å². The lowest BCUT2D eigenvalue weighted by molar-refractivity contribution is 0.805. The Labute approximate surface area is 132 Å². The van der Waals surface area contributed by atoms with Crippen LogP contribution in [0.3, 0.4) is 0 Å². The minimum absolute atomic E-state index is 0.169. The van der Waals surface area contributed by atoms with E-state index in [4.69, 9.17) is 0 Å². The quantitative estimate of drug-likeness (QED) is 0.619. The van der Waals surface area contributed by atoms with Crippen molar-refractivity contribution in [3.8, 4) is 17.2 Å². The number of H-pyrrole nitrogens is 1. The van der Waals surface area contributed by atoms with Crippen molar-refractivity contribution in [3.63, 3.8) is 0 Å². The van der Waals surface area contributed by atoms with E-state index in [9.17, 15) is 4.79 Å². The number of fused-ring (bicyclic) bond motifs is 1. The number of rotatable bonds is 2. The number of nitrogens with zero attached hydrogens (tertiary/aromatic N) is 3. The lowest BCUT2D eigenvalue weighted by Crippen LogP contribution is -2.14. The first-order valence-electron chi connectivity index (χ1n) is 7.34. The Balaban J connectivity index is 1.97. The van der Waals surface area contributed by atoms with Gasteiger partial charge < -0.3 is 0 Å². The molecular formula is C18H14N4O. The van der Waals surface area contributed by atoms with E-state index in [1.807, 2.05) is 61.5 Å². The van der Waals surface area contributed by atoms with Gasteiger partial charge in [0.05, 0.1) is 22.3 Å². The third-order valence-corrected chi connectivity index (χ3v) is 3.70. The normalized spacial score (nSPS) is 11.0. The Bertz CT molecular complexity index is 1050. The molecule has 0 bridgehead atoms. The third kappa shape index (κ3) is 2.32. The van der Waals surface area contributed by atoms with Crippen LogP contribution in [-0.2, 0) is 0 Å². The standard InChI is InChI=1S/C18H14N4O/c1-12-11-16(13-7-3-2-4-8-13)22(21-12)18-19-15-10-6-5-9-14(15)17(23)20-18/h2-11H,1H3,(H,19,20,23). The van der Waals surface area contributed by atoms with Crippen LogP contribution in [-0.4, -0.2) is 19.7 Å². The van der Waals surface area contributed by atoms with Gasteiger partial charge in [-0.1, -0.05) is 42.5 Å². The highest BCUT2D eigenvalue weighted by atomic mass is 16.1. The summed E-state index contributed by atoms with van der Waals surface area (Å²) in [6.07, 6.45) is 0. The molecule has 5 heteroatoms. The number of para-hydroxylation sites is 1. The lowest BCUT2D eigenvalue weighted by Gasteiger charge is -2.07. The molecule has 0 spiro atoms. The lowest BCUT2D eigenvalue weighted by atomic mass is 10.1. The summed E-state index contributed by atoms with van der Waals surface area (Å²) in [7, 11) is 0. The fraction of sp³-hybridized carbons (Fsp3) is 0.0556. The van der Waals surface area contributed by atoms with E-state index in [1.165, 1.54) is 0 Å². The van der Waals surface area contributed by atoms with Crippen molar-refractivity contribution in [2.75, 3.05) is 0 Å². The molecule has 0 aliphatic rings. The molecule has 0 radical (unpaired) electrons. The Hall–Kier alpha value is -3.21. The molecule has 0 aliphatic heterocycles. The van der Waals surface area contributed by atoms with Gasteiger partial charge in [-0.25, -0.2) is 4.98 Å². The van der Waals surface area contributed by atoms with E-state index in [0.29, 0.717) is 16.9 Å². The molecule has 2 aromatic carbocycles. The summed E-state index contributed by atoms with van der Waals surface area (Å²) in [4.78, 5) is 19.7. The molecule has 0 saturated heterocycles. The number of aromatic amines is 1. The van der Waals surface area contributed by atoms with Gasteiger partial charge in [0.2, 0.25) is 5.95 Å². The Kier molecular flexibility index (Phi) is 3.05. The average Bonchev–Trinajstić information content (AvgIpc) is 2.98. The van der Waals surface area contributed by atoms with E-state index < -0.39 is 0 Å². The topological polar surface area (TPSA) is 63.6 Å². The van der Waals surface area contributed by atoms with Crippen LogP contribution in [0.15, 0.2) is 65.5 Å². The minimum Gasteiger partial charge on any atom is -0.290 e. The second kappa shape index (κ2) is 5.21. The van der Waals surface area contributed by atoms with Gasteiger partial charge in [-0.15, -0.1) is 0 Å². The monoisotopic (exact) mass is 302 g/mol. The van der Waals surface area contributed by atoms with Gasteiger partial charge in [0.1, 0.15) is 0 Å². The predicted octanol–water partition coefficient (Wildman–Crippen LogP) is 3.08. The van der Waals surface area contributed by atoms with Crippen molar-refractivity contribution in [2.45, 2.75) is 6.92 Å². The Morgan fingerprint density at radius 1 is 1.00 bits per heavy atom. The molecule has 2 aromatic heterocycles. The molecule has 0 aliphatic carbocycles. The zero-order chi connectivity index (χ0) is 15.8. The molecule has 112 valence electrons. The third-order valence-electron chi connectivity index (χ3n) is 3.70. The fourth-order valence-corrected chi connectivity index (χ4v) is 2.65. The molecule has 4 rings (SSSR count). The number of nitrogens with one attached hydrogen (secondary N) is 1. The minimum atomic E-state index is -0.169. The summed E-state index contributed by atoms with van der Waals surface area (Å²) in [6, 6.07) is 19.2. The highest BCUT2D eigenvalue weighted by Crippen LogP contribution is 2.22. The molecule has 0 saturated carbocycles. The number of hydrogen-bond donors (Lipinski definition) is 1. The number of hydrogen-bond acceptors (Lipinski definition) is 3. The highest BCUT2D eigenvalue weighted by Gasteiger charge is 2.12. The second-order valence-corrected chi connectivity index (χ2v) is 5.36. The van der Waals surface area contributed by atoms with Crippen LogP contribution in [0.25, 0.3) is 28.1 Å². The molecule has 4 aromatic rings. The number of aromatic nitrogens is 4. The van der Waals surface area contributed by atoms with Crippen molar-refractivity contribution in [3.05, 3.63) is 76.7 Å². The molecule has 0 fully saturated rings. The van der Waals surface area contributed by atoms with Crippen LogP contribution in [0.2, 0.25) is 0 Å². The van der Waals surface area contributed by atoms with E-state index in [-0.39, 0.29) is 5.56 Å². The zero-order valence-corrected chi connectivity index (χ0v) is 12.5. The van der Waals surface area contributed by atoms with Crippen LogP contribution < -0.4 is 5.56 Å². The van der Waals surface area contributed by atoms with Crippen LogP contribution in [0.4, 0.5) is 0 Å². The Morgan fingerprint density at radius 2 is 1.74 bits per heavy atom. The summed E-state index contributed by atoms with van der Waals surface area (Å²) in [5, 5.41) is 5.06. The number of benzene rings is 2. The molecule has 0 amide bonds. The van der Waals surface area contributed by atoms with E-state index in [0.717, 1.165) is 17.0 Å². The van der Waals surface area contributed by atoms with Gasteiger partial charge in [-0.2, -0.15) is 9.78 Å². The van der Waals surface area contributed by atoms with Crippen LogP contribution in [0.1, 0.15) is 5.69 Å². The number of aryl methyl sites for hydroxylation is 1. The highest BCUT2D eigenvalue weighted by molar-refractivity contribution is 5.77. The zero-order valence-electron chi connectivity index (χ0n) is 12.5. The largest absolute Gasteiger partial charge is 0.290 e. The van der Waals surface area contributed by atoms with Crippen LogP contribution in [0.5, 0.6) is 0 Å². The maximum absolute atomic E-state index is 12.3. The molecule has 0 atom stereocenters. The summed E-state index contributed by atoms with van der Waals surface area (Å²) < 4.78 is 1.68. The van der Waals surface area contributed by atoms with Crippen molar-refractivity contribution in [2.24, 2.45) is 0 Å². The molecule has 23 heavy (non-hydrogen) atoms. The van der Waals surface area contributed by atoms with Gasteiger partial charge in [0, 0.05) is 5.56 Å². The molecular weight excluding hydrogens is 288 g/mol. The van der Waals surface area contributed by atoms with E-state index in [2.05, 4.69) is 15.1 Å². The van der Waals surface area contributed by atoms with E-state index in [1.54, 1.807) is 10.7 Å². The molecule has 2 heterocycles. The Morgan fingerprint density at radius 3 is 2.57 bits per heavy atom. The second-order valence-electron chi connectivity index (χ2n) is 5.36. The smallest absolute Gasteiger partial charge is 0.260 e. The summed E-state index contributed by atoms with van der Waals surface area (Å²) in [6.45, 7) is 1.92. The maximum Gasteiger partial charge on any atom is 0.260 e. The maximum atomic E-state index is 12.3. The predicted molar refractivity (Wildman–Crippen MR) is 89.7 cm³/mol. The van der Waals surface area contributed by atoms with Gasteiger partial charge in [-0.3, -0.25) is 9.78 Å². The first-order valence-corrected chi connectivity index (χ1v) is 7.34. The van der Waals surface area contributed by atoms with Gasteiger partial charge in [0.25, 0.3) is 5.56 Å². The SMILES string of the molecule is Cc1cc(-c2ccccc2)n(-c2nc3ccccc3c(=O)[nH]2)n1. The summed E-state index contributed by atoms with van der Waals surface area (Å²) in [5.74, 6) is 0.417. The van der Waals surface area contributed by atoms with Crippen LogP contribution >= 0.6 is 0 Å². The summed E-state index contributed by atoms with van der Waals surface area (Å²) >= 11 is 0. The van der Waals surface area contributed by atoms with Gasteiger partial charge >= 0.3 is 0 Å². The van der Waals surface area contributed by atoms with Crippen molar-refractivity contribution >= 4 is 10.9 Å². The van der Waals surface area contributed by atoms with Gasteiger partial charge in [0.15, 0.2) is 0 Å². The van der Waals surface area contributed by atoms with Gasteiger partial charge in [-0.05, 0) is 25.1 Å². The summed E-state index contributed by atoms with van der Waals surface area (Å²) in [5.41, 5.74) is 3.25. The molecule has 5 nitrogen and oxygen atoms in total. The van der Waals surface area contributed by atoms with Crippen molar-refractivity contribution < 1.29 is 0 Å².